The fraction of sp³-hybridized carbons (Fsp3) is 0.444. The predicted molar refractivity (Wildman–Crippen MR) is 92.9 cm³/mol. The maximum atomic E-state index is 14.2. The number of alkyl halides is 1. The molecule has 6 heteroatoms. The summed E-state index contributed by atoms with van der Waals surface area (Å²) in [5.74, 6) is 1.70. The van der Waals surface area contributed by atoms with Gasteiger partial charge in [0.25, 0.3) is 0 Å². The summed E-state index contributed by atoms with van der Waals surface area (Å²) in [4.78, 5) is 3.14. The zero-order valence-corrected chi connectivity index (χ0v) is 14.6. The number of nitrogens with zero attached hydrogens (tertiary/aromatic N) is 1. The zero-order valence-electron chi connectivity index (χ0n) is 13.8. The van der Waals surface area contributed by atoms with Crippen molar-refractivity contribution >= 4 is 22.7 Å². The minimum Gasteiger partial charge on any atom is -0.488 e. The Kier molecular flexibility index (Phi) is 3.96. The van der Waals surface area contributed by atoms with Gasteiger partial charge in [-0.3, -0.25) is 0 Å². The molecule has 1 unspecified atom stereocenters. The predicted octanol–water partition coefficient (Wildman–Crippen LogP) is 4.09. The molecule has 1 saturated heterocycles. The van der Waals surface area contributed by atoms with Crippen molar-refractivity contribution in [2.45, 2.75) is 24.9 Å². The molecule has 1 aromatic carbocycles. The van der Waals surface area contributed by atoms with E-state index >= 15 is 0 Å². The van der Waals surface area contributed by atoms with Gasteiger partial charge in [0.15, 0.2) is 5.67 Å². The van der Waals surface area contributed by atoms with Gasteiger partial charge in [-0.25, -0.2) is 4.39 Å². The Bertz CT molecular complexity index is 784. The van der Waals surface area contributed by atoms with Crippen molar-refractivity contribution in [1.82, 2.24) is 4.90 Å². The van der Waals surface area contributed by atoms with Crippen LogP contribution in [-0.2, 0) is 4.74 Å². The number of furan rings is 1. The Balaban J connectivity index is 1.39. The molecule has 1 aromatic heterocycles. The molecule has 0 aliphatic carbocycles. The number of hydrogen-bond donors (Lipinski definition) is 0. The lowest BCUT2D eigenvalue weighted by Gasteiger charge is -2.37. The third-order valence-electron chi connectivity index (χ3n) is 4.28. The maximum absolute atomic E-state index is 14.2. The van der Waals surface area contributed by atoms with Crippen molar-refractivity contribution in [3.63, 3.8) is 0 Å². The average Bonchev–Trinajstić information content (AvgIpc) is 3.05. The minimum atomic E-state index is -1.20. The summed E-state index contributed by atoms with van der Waals surface area (Å²) in [5.41, 5.74) is -0.337. The molecule has 4 nitrogen and oxygen atoms in total. The highest BCUT2D eigenvalue weighted by Gasteiger charge is 2.41. The molecule has 0 radical (unpaired) electrons. The molecule has 0 spiro atoms. The molecule has 2 aliphatic heterocycles. The van der Waals surface area contributed by atoms with Crippen LogP contribution in [0.5, 0.6) is 5.75 Å². The molecule has 0 amide bonds. The van der Waals surface area contributed by atoms with Gasteiger partial charge < -0.3 is 18.8 Å². The highest BCUT2D eigenvalue weighted by atomic mass is 32.2. The number of hydrogen-bond acceptors (Lipinski definition) is 5. The molecule has 0 bridgehead atoms. The number of thioether (sulfide) groups is 1. The van der Waals surface area contributed by atoms with Gasteiger partial charge in [-0.05, 0) is 38.1 Å². The Labute approximate surface area is 144 Å². The molecular formula is C18H20FNO3S. The van der Waals surface area contributed by atoms with Crippen molar-refractivity contribution in [1.29, 1.82) is 0 Å². The Morgan fingerprint density at radius 2 is 2.21 bits per heavy atom. The highest BCUT2D eigenvalue weighted by Crippen LogP contribution is 2.36. The number of benzene rings is 1. The molecule has 1 fully saturated rings. The second-order valence-electron chi connectivity index (χ2n) is 6.47. The number of halogens is 1. The summed E-state index contributed by atoms with van der Waals surface area (Å²) in [6.45, 7) is 5.28. The second kappa shape index (κ2) is 6.01. The van der Waals surface area contributed by atoms with Gasteiger partial charge in [0, 0.05) is 16.5 Å². The third-order valence-corrected chi connectivity index (χ3v) is 5.42. The molecule has 2 aliphatic rings. The smallest absolute Gasteiger partial charge is 0.174 e. The SMILES string of the molecule is Cc1cc2cc(OCC3=CN(CC4(F)COC4)C(C)S3)ccc2o1. The van der Waals surface area contributed by atoms with Crippen LogP contribution < -0.4 is 4.74 Å². The zero-order chi connectivity index (χ0) is 16.7. The van der Waals surface area contributed by atoms with E-state index in [4.69, 9.17) is 13.9 Å². The first kappa shape index (κ1) is 15.8. The van der Waals surface area contributed by atoms with Crippen molar-refractivity contribution in [2.24, 2.45) is 0 Å². The van der Waals surface area contributed by atoms with E-state index in [2.05, 4.69) is 6.92 Å². The number of rotatable bonds is 5. The highest BCUT2D eigenvalue weighted by molar-refractivity contribution is 8.03. The summed E-state index contributed by atoms with van der Waals surface area (Å²) in [6.07, 6.45) is 2.01. The van der Waals surface area contributed by atoms with Crippen molar-refractivity contribution < 1.29 is 18.3 Å². The standard InChI is InChI=1S/C18H20FNO3S/c1-12-5-14-6-15(3-4-17(14)23-12)22-8-16-7-20(13(2)24-16)9-18(19)10-21-11-18/h3-7,13H,8-11H2,1-2H3. The Hall–Kier alpha value is -1.66. The molecule has 2 aromatic rings. The van der Waals surface area contributed by atoms with E-state index in [0.717, 1.165) is 27.4 Å². The van der Waals surface area contributed by atoms with Gasteiger partial charge >= 0.3 is 0 Å². The van der Waals surface area contributed by atoms with E-state index in [1.165, 1.54) is 0 Å². The molecule has 1 atom stereocenters. The molecule has 0 N–H and O–H groups in total. The topological polar surface area (TPSA) is 34.8 Å². The lowest BCUT2D eigenvalue weighted by atomic mass is 10.0. The first-order chi connectivity index (χ1) is 11.5. The molecule has 3 heterocycles. The number of ether oxygens (including phenoxy) is 2. The van der Waals surface area contributed by atoms with Crippen LogP contribution in [0.2, 0.25) is 0 Å². The van der Waals surface area contributed by atoms with Crippen LogP contribution in [0, 0.1) is 6.92 Å². The van der Waals surface area contributed by atoms with Gasteiger partial charge in [-0.2, -0.15) is 0 Å². The van der Waals surface area contributed by atoms with E-state index in [9.17, 15) is 4.39 Å². The summed E-state index contributed by atoms with van der Waals surface area (Å²) in [6, 6.07) is 7.81. The van der Waals surface area contributed by atoms with Gasteiger partial charge in [-0.15, -0.1) is 11.8 Å². The van der Waals surface area contributed by atoms with Crippen LogP contribution in [0.25, 0.3) is 11.0 Å². The van der Waals surface area contributed by atoms with Gasteiger partial charge in [0.1, 0.15) is 23.7 Å². The van der Waals surface area contributed by atoms with Gasteiger partial charge in [-0.1, -0.05) is 0 Å². The first-order valence-electron chi connectivity index (χ1n) is 8.04. The minimum absolute atomic E-state index is 0.199. The quantitative estimate of drug-likeness (QED) is 0.812. The largest absolute Gasteiger partial charge is 0.488 e. The van der Waals surface area contributed by atoms with Crippen molar-refractivity contribution in [2.75, 3.05) is 26.4 Å². The van der Waals surface area contributed by atoms with Gasteiger partial charge in [0.2, 0.25) is 0 Å². The summed E-state index contributed by atoms with van der Waals surface area (Å²) < 4.78 is 30.7. The third kappa shape index (κ3) is 3.13. The van der Waals surface area contributed by atoms with Crippen LogP contribution in [-0.4, -0.2) is 42.3 Å². The first-order valence-corrected chi connectivity index (χ1v) is 8.92. The van der Waals surface area contributed by atoms with E-state index in [-0.39, 0.29) is 18.6 Å². The fourth-order valence-corrected chi connectivity index (χ4v) is 4.03. The lowest BCUT2D eigenvalue weighted by Crippen LogP contribution is -2.53. The fourth-order valence-electron chi connectivity index (χ4n) is 2.99. The van der Waals surface area contributed by atoms with Crippen molar-refractivity contribution in [3.8, 4) is 5.75 Å². The van der Waals surface area contributed by atoms with E-state index < -0.39 is 5.67 Å². The number of fused-ring (bicyclic) bond motifs is 1. The summed E-state index contributed by atoms with van der Waals surface area (Å²) in [7, 11) is 0. The van der Waals surface area contributed by atoms with E-state index in [1.807, 2.05) is 42.3 Å². The molecule has 0 saturated carbocycles. The van der Waals surface area contributed by atoms with Crippen LogP contribution in [0.4, 0.5) is 4.39 Å². The Morgan fingerprint density at radius 1 is 1.38 bits per heavy atom. The van der Waals surface area contributed by atoms with E-state index in [1.54, 1.807) is 11.8 Å². The van der Waals surface area contributed by atoms with Crippen LogP contribution >= 0.6 is 11.8 Å². The molecular weight excluding hydrogens is 329 g/mol. The summed E-state index contributed by atoms with van der Waals surface area (Å²) >= 11 is 1.71. The second-order valence-corrected chi connectivity index (χ2v) is 7.92. The average molecular weight is 349 g/mol. The molecule has 128 valence electrons. The monoisotopic (exact) mass is 349 g/mol. The van der Waals surface area contributed by atoms with Crippen LogP contribution in [0.15, 0.2) is 39.8 Å². The van der Waals surface area contributed by atoms with Crippen LogP contribution in [0.1, 0.15) is 12.7 Å². The normalized spacial score (nSPS) is 22.5. The van der Waals surface area contributed by atoms with Crippen molar-refractivity contribution in [3.05, 3.63) is 41.1 Å². The molecule has 24 heavy (non-hydrogen) atoms. The Morgan fingerprint density at radius 3 is 2.96 bits per heavy atom. The number of aryl methyl sites for hydroxylation is 1. The van der Waals surface area contributed by atoms with Crippen LogP contribution in [0.3, 0.4) is 0 Å². The molecule has 4 rings (SSSR count). The summed E-state index contributed by atoms with van der Waals surface area (Å²) in [5, 5.41) is 1.26. The van der Waals surface area contributed by atoms with E-state index in [0.29, 0.717) is 13.2 Å². The maximum Gasteiger partial charge on any atom is 0.174 e. The van der Waals surface area contributed by atoms with Gasteiger partial charge in [0.05, 0.1) is 25.1 Å². The lowest BCUT2D eigenvalue weighted by molar-refractivity contribution is -0.137.